The van der Waals surface area contributed by atoms with Gasteiger partial charge >= 0.3 is 0 Å². The molecule has 0 aromatic carbocycles. The minimum absolute atomic E-state index is 0.340. The molecule has 5 nitrogen and oxygen atoms in total. The average Bonchev–Trinajstić information content (AvgIpc) is 2.38. The predicted octanol–water partition coefficient (Wildman–Crippen LogP) is 0.0803. The number of carbonyl (C=O) groups excluding carboxylic acids is 1. The Labute approximate surface area is 128 Å². The molecule has 0 radical (unpaired) electrons. The zero-order chi connectivity index (χ0) is 14.8. The van der Waals surface area contributed by atoms with E-state index in [9.17, 15) is 4.79 Å². The summed E-state index contributed by atoms with van der Waals surface area (Å²) in [6.45, 7) is 13.7. The topological polar surface area (TPSA) is 38.8 Å². The largest absolute Gasteiger partial charge is 0.341 e. The van der Waals surface area contributed by atoms with Gasteiger partial charge in [-0.25, -0.2) is 0 Å². The molecule has 0 spiro atoms. The van der Waals surface area contributed by atoms with Crippen LogP contribution < -0.4 is 5.32 Å². The van der Waals surface area contributed by atoms with Crippen molar-refractivity contribution in [3.8, 4) is 0 Å². The Hall–Kier alpha value is -0.650. The fraction of sp³-hybridized carbons (Fsp3) is 0.938. The maximum absolute atomic E-state index is 12.5. The number of piperidine rings is 1. The van der Waals surface area contributed by atoms with E-state index >= 15 is 0 Å². The number of hydrogen-bond donors (Lipinski definition) is 1. The number of hydrogen-bond acceptors (Lipinski definition) is 4. The summed E-state index contributed by atoms with van der Waals surface area (Å²) in [6.07, 6.45) is 1.26. The molecule has 0 saturated carbocycles. The van der Waals surface area contributed by atoms with E-state index in [0.29, 0.717) is 24.3 Å². The quantitative estimate of drug-likeness (QED) is 0.800. The second kappa shape index (κ2) is 6.63. The van der Waals surface area contributed by atoms with E-state index in [0.717, 1.165) is 58.4 Å². The second-order valence-electron chi connectivity index (χ2n) is 7.37. The van der Waals surface area contributed by atoms with Crippen LogP contribution in [0.25, 0.3) is 0 Å². The molecule has 0 aromatic rings. The van der Waals surface area contributed by atoms with E-state index in [1.807, 2.05) is 0 Å². The Bertz CT molecular complexity index is 353. The standard InChI is InChI=1S/C16H30N4O/c1-13-7-14(2)11-20(10-13)16(21)12-18-3-5-19(6-4-18)15-8-17-9-15/h13-15,17H,3-12H2,1-2H3. The SMILES string of the molecule is CC1CC(C)CN(C(=O)CN2CCN(C3CNC3)CC2)C1. The molecule has 0 bridgehead atoms. The van der Waals surface area contributed by atoms with E-state index in [4.69, 9.17) is 0 Å². The summed E-state index contributed by atoms with van der Waals surface area (Å²) in [5, 5.41) is 3.34. The third kappa shape index (κ3) is 3.76. The van der Waals surface area contributed by atoms with Gasteiger partial charge in [-0.15, -0.1) is 0 Å². The molecule has 0 aliphatic carbocycles. The molecular weight excluding hydrogens is 264 g/mol. The molecule has 3 saturated heterocycles. The molecule has 2 atom stereocenters. The van der Waals surface area contributed by atoms with Crippen LogP contribution in [0.3, 0.4) is 0 Å². The number of nitrogens with zero attached hydrogens (tertiary/aromatic N) is 3. The lowest BCUT2D eigenvalue weighted by Crippen LogP contribution is -2.62. The number of nitrogens with one attached hydrogen (secondary N) is 1. The van der Waals surface area contributed by atoms with Gasteiger partial charge in [0.15, 0.2) is 0 Å². The molecule has 5 heteroatoms. The molecule has 21 heavy (non-hydrogen) atoms. The molecule has 2 unspecified atom stereocenters. The van der Waals surface area contributed by atoms with Crippen LogP contribution in [0, 0.1) is 11.8 Å². The first-order valence-corrected chi connectivity index (χ1v) is 8.56. The Morgan fingerprint density at radius 3 is 2.19 bits per heavy atom. The van der Waals surface area contributed by atoms with Gasteiger partial charge in [0, 0.05) is 58.4 Å². The van der Waals surface area contributed by atoms with Gasteiger partial charge in [0.2, 0.25) is 5.91 Å². The van der Waals surface area contributed by atoms with E-state index in [1.165, 1.54) is 6.42 Å². The van der Waals surface area contributed by atoms with E-state index < -0.39 is 0 Å². The third-order valence-electron chi connectivity index (χ3n) is 5.26. The monoisotopic (exact) mass is 294 g/mol. The van der Waals surface area contributed by atoms with Crippen LogP contribution in [0.2, 0.25) is 0 Å². The molecule has 3 aliphatic rings. The van der Waals surface area contributed by atoms with Crippen LogP contribution >= 0.6 is 0 Å². The van der Waals surface area contributed by atoms with Crippen molar-refractivity contribution < 1.29 is 4.79 Å². The van der Waals surface area contributed by atoms with E-state index in [-0.39, 0.29) is 0 Å². The Morgan fingerprint density at radius 1 is 1.05 bits per heavy atom. The first-order chi connectivity index (χ1) is 10.1. The van der Waals surface area contributed by atoms with Gasteiger partial charge in [-0.3, -0.25) is 14.6 Å². The lowest BCUT2D eigenvalue weighted by atomic mass is 9.92. The first kappa shape index (κ1) is 15.3. The molecular formula is C16H30N4O. The summed E-state index contributed by atoms with van der Waals surface area (Å²) in [5.74, 6) is 1.65. The van der Waals surface area contributed by atoms with Gasteiger partial charge in [0.25, 0.3) is 0 Å². The van der Waals surface area contributed by atoms with Crippen molar-refractivity contribution in [2.75, 3.05) is 58.9 Å². The van der Waals surface area contributed by atoms with Crippen LogP contribution in [0.1, 0.15) is 20.3 Å². The van der Waals surface area contributed by atoms with Crippen LogP contribution in [0.5, 0.6) is 0 Å². The highest BCUT2D eigenvalue weighted by molar-refractivity contribution is 5.78. The Kier molecular flexibility index (Phi) is 4.82. The number of likely N-dealkylation sites (tertiary alicyclic amines) is 1. The average molecular weight is 294 g/mol. The van der Waals surface area contributed by atoms with Gasteiger partial charge in [0.1, 0.15) is 0 Å². The van der Waals surface area contributed by atoms with Crippen molar-refractivity contribution in [2.24, 2.45) is 11.8 Å². The zero-order valence-corrected chi connectivity index (χ0v) is 13.6. The second-order valence-corrected chi connectivity index (χ2v) is 7.37. The number of rotatable bonds is 3. The highest BCUT2D eigenvalue weighted by atomic mass is 16.2. The molecule has 3 aliphatic heterocycles. The Balaban J connectivity index is 1.43. The summed E-state index contributed by atoms with van der Waals surface area (Å²) in [7, 11) is 0. The van der Waals surface area contributed by atoms with Crippen LogP contribution in [-0.2, 0) is 4.79 Å². The minimum atomic E-state index is 0.340. The van der Waals surface area contributed by atoms with Crippen molar-refractivity contribution in [2.45, 2.75) is 26.3 Å². The summed E-state index contributed by atoms with van der Waals surface area (Å²) in [4.78, 5) is 19.5. The van der Waals surface area contributed by atoms with Gasteiger partial charge in [-0.2, -0.15) is 0 Å². The first-order valence-electron chi connectivity index (χ1n) is 8.56. The van der Waals surface area contributed by atoms with Crippen LogP contribution in [0.4, 0.5) is 0 Å². The molecule has 3 rings (SSSR count). The fourth-order valence-electron chi connectivity index (χ4n) is 3.98. The number of piperazine rings is 1. The number of amides is 1. The van der Waals surface area contributed by atoms with Gasteiger partial charge < -0.3 is 10.2 Å². The number of carbonyl (C=O) groups is 1. The summed E-state index contributed by atoms with van der Waals surface area (Å²) < 4.78 is 0. The lowest BCUT2D eigenvalue weighted by molar-refractivity contribution is -0.135. The van der Waals surface area contributed by atoms with Crippen LogP contribution in [-0.4, -0.2) is 85.6 Å². The van der Waals surface area contributed by atoms with Gasteiger partial charge in [-0.05, 0) is 18.3 Å². The minimum Gasteiger partial charge on any atom is -0.341 e. The van der Waals surface area contributed by atoms with E-state index in [2.05, 4.69) is 33.9 Å². The predicted molar refractivity (Wildman–Crippen MR) is 84.2 cm³/mol. The van der Waals surface area contributed by atoms with Crippen molar-refractivity contribution in [3.05, 3.63) is 0 Å². The highest BCUT2D eigenvalue weighted by Crippen LogP contribution is 2.21. The van der Waals surface area contributed by atoms with Crippen molar-refractivity contribution in [3.63, 3.8) is 0 Å². The molecule has 3 fully saturated rings. The lowest BCUT2D eigenvalue weighted by Gasteiger charge is -2.43. The van der Waals surface area contributed by atoms with Crippen molar-refractivity contribution >= 4 is 5.91 Å². The van der Waals surface area contributed by atoms with Crippen LogP contribution in [0.15, 0.2) is 0 Å². The molecule has 1 N–H and O–H groups in total. The zero-order valence-electron chi connectivity index (χ0n) is 13.6. The van der Waals surface area contributed by atoms with Gasteiger partial charge in [0.05, 0.1) is 6.54 Å². The van der Waals surface area contributed by atoms with Gasteiger partial charge in [-0.1, -0.05) is 13.8 Å². The fourth-order valence-corrected chi connectivity index (χ4v) is 3.98. The summed E-state index contributed by atoms with van der Waals surface area (Å²) in [5.41, 5.74) is 0. The van der Waals surface area contributed by atoms with Crippen molar-refractivity contribution in [1.29, 1.82) is 0 Å². The molecule has 0 aromatic heterocycles. The normalized spacial score (nSPS) is 33.0. The third-order valence-corrected chi connectivity index (χ3v) is 5.26. The van der Waals surface area contributed by atoms with Crippen molar-refractivity contribution in [1.82, 2.24) is 20.0 Å². The highest BCUT2D eigenvalue weighted by Gasteiger charge is 2.30. The summed E-state index contributed by atoms with van der Waals surface area (Å²) >= 11 is 0. The smallest absolute Gasteiger partial charge is 0.236 e. The maximum Gasteiger partial charge on any atom is 0.236 e. The molecule has 1 amide bonds. The Morgan fingerprint density at radius 2 is 1.67 bits per heavy atom. The maximum atomic E-state index is 12.5. The van der Waals surface area contributed by atoms with E-state index in [1.54, 1.807) is 0 Å². The molecule has 120 valence electrons. The molecule has 3 heterocycles. The summed E-state index contributed by atoms with van der Waals surface area (Å²) in [6, 6.07) is 0.742.